The molecule has 14 heteroatoms. The number of esters is 1. The summed E-state index contributed by atoms with van der Waals surface area (Å²) in [5, 5.41) is 19.1. The molecule has 2 aromatic carbocycles. The van der Waals surface area contributed by atoms with Gasteiger partial charge in [0.25, 0.3) is 10.1 Å². The van der Waals surface area contributed by atoms with Crippen molar-refractivity contribution < 1.29 is 59.1 Å². The second-order valence-electron chi connectivity index (χ2n) is 7.95. The Kier molecular flexibility index (Phi) is 7.72. The van der Waals surface area contributed by atoms with Gasteiger partial charge in [-0.1, -0.05) is 31.2 Å². The highest BCUT2D eigenvalue weighted by Gasteiger charge is 2.75. The summed E-state index contributed by atoms with van der Waals surface area (Å²) >= 11 is 0. The smallest absolute Gasteiger partial charge is 0.438 e. The first kappa shape index (κ1) is 28.2. The molecule has 0 bridgehead atoms. The lowest BCUT2D eigenvalue weighted by Gasteiger charge is -2.36. The van der Waals surface area contributed by atoms with E-state index in [9.17, 15) is 49.8 Å². The number of phenolic OH excluding ortho intramolecular Hbond substituents is 2. The quantitative estimate of drug-likeness (QED) is 0.262. The second-order valence-corrected chi connectivity index (χ2v) is 9.40. The maximum absolute atomic E-state index is 13.4. The minimum absolute atomic E-state index is 0.133. The number of aromatic hydroxyl groups is 2. The topological polar surface area (TPSA) is 121 Å². The number of carbonyl (C=O) groups is 1. The lowest BCUT2D eigenvalue weighted by molar-refractivity contribution is -0.361. The molecule has 0 fully saturated rings. The third-order valence-electron chi connectivity index (χ3n) is 5.43. The van der Waals surface area contributed by atoms with Gasteiger partial charge in [-0.15, -0.1) is 0 Å². The molecule has 7 nitrogen and oxygen atoms in total. The van der Waals surface area contributed by atoms with Crippen molar-refractivity contribution in [2.75, 3.05) is 5.75 Å². The first-order chi connectivity index (χ1) is 15.8. The van der Waals surface area contributed by atoms with Crippen LogP contribution in [0.25, 0.3) is 0 Å². The zero-order valence-electron chi connectivity index (χ0n) is 17.9. The summed E-state index contributed by atoms with van der Waals surface area (Å²) in [6.07, 6.45) is -14.3. The Labute approximate surface area is 195 Å². The zero-order valence-corrected chi connectivity index (χ0v) is 18.7. The third-order valence-corrected chi connectivity index (χ3v) is 6.20. The van der Waals surface area contributed by atoms with Crippen molar-refractivity contribution >= 4 is 16.1 Å². The van der Waals surface area contributed by atoms with E-state index in [1.807, 2.05) is 0 Å². The van der Waals surface area contributed by atoms with Gasteiger partial charge in [0, 0.05) is 11.8 Å². The predicted molar refractivity (Wildman–Crippen MR) is 109 cm³/mol. The lowest BCUT2D eigenvalue weighted by atomic mass is 9.73. The van der Waals surface area contributed by atoms with Gasteiger partial charge in [0.15, 0.2) is 0 Å². The first-order valence-corrected chi connectivity index (χ1v) is 11.3. The average Bonchev–Trinajstić information content (AvgIpc) is 2.70. The van der Waals surface area contributed by atoms with Crippen molar-refractivity contribution in [3.63, 3.8) is 0 Å². The van der Waals surface area contributed by atoms with Gasteiger partial charge in [-0.3, -0.25) is 9.35 Å². The SMILES string of the molecule is CC(CCC(=O)OC(CS(=O)(=O)O)(C(F)(F)F)C(F)(F)F)(c1ccc(O)cc1)c1ccc(O)cc1. The summed E-state index contributed by atoms with van der Waals surface area (Å²) in [5.41, 5.74) is -5.91. The number of ether oxygens (including phenoxy) is 1. The van der Waals surface area contributed by atoms with Gasteiger partial charge in [-0.2, -0.15) is 34.8 Å². The Balaban J connectivity index is 2.44. The number of hydrogen-bond acceptors (Lipinski definition) is 6. The maximum Gasteiger partial charge on any atom is 0.438 e. The molecule has 0 heterocycles. The monoisotopic (exact) mass is 530 g/mol. The molecule has 0 unspecified atom stereocenters. The van der Waals surface area contributed by atoms with Crippen molar-refractivity contribution in [3.8, 4) is 11.5 Å². The Hall–Kier alpha value is -3.00. The van der Waals surface area contributed by atoms with Crippen LogP contribution in [0.15, 0.2) is 48.5 Å². The number of hydrogen-bond donors (Lipinski definition) is 3. The Morgan fingerprint density at radius 3 is 1.51 bits per heavy atom. The van der Waals surface area contributed by atoms with Gasteiger partial charge in [-0.25, -0.2) is 0 Å². The van der Waals surface area contributed by atoms with Crippen LogP contribution in [0.3, 0.4) is 0 Å². The van der Waals surface area contributed by atoms with Crippen molar-refractivity contribution in [1.82, 2.24) is 0 Å². The molecule has 0 saturated heterocycles. The number of benzene rings is 2. The molecule has 3 N–H and O–H groups in total. The molecule has 0 atom stereocenters. The maximum atomic E-state index is 13.4. The summed E-state index contributed by atoms with van der Waals surface area (Å²) in [7, 11) is -5.90. The highest BCUT2D eigenvalue weighted by Crippen LogP contribution is 2.47. The summed E-state index contributed by atoms with van der Waals surface area (Å²) in [6, 6.07) is 10.8. The zero-order chi connectivity index (χ0) is 26.9. The van der Waals surface area contributed by atoms with Crippen LogP contribution in [0.4, 0.5) is 26.3 Å². The van der Waals surface area contributed by atoms with Crippen LogP contribution in [0, 0.1) is 0 Å². The second kappa shape index (κ2) is 9.57. The molecule has 35 heavy (non-hydrogen) atoms. The van der Waals surface area contributed by atoms with Gasteiger partial charge in [0.2, 0.25) is 0 Å². The first-order valence-electron chi connectivity index (χ1n) is 9.70. The van der Waals surface area contributed by atoms with E-state index in [0.29, 0.717) is 11.1 Å². The van der Waals surface area contributed by atoms with Crippen LogP contribution in [-0.2, 0) is 25.1 Å². The van der Waals surface area contributed by atoms with Crippen molar-refractivity contribution in [2.45, 2.75) is 43.1 Å². The number of carbonyl (C=O) groups excluding carboxylic acids is 1. The molecular formula is C21H20F6O7S. The summed E-state index contributed by atoms with van der Waals surface area (Å²) in [5.74, 6) is -5.25. The summed E-state index contributed by atoms with van der Waals surface area (Å²) in [6.45, 7) is 1.51. The van der Waals surface area contributed by atoms with Crippen LogP contribution >= 0.6 is 0 Å². The van der Waals surface area contributed by atoms with Crippen LogP contribution < -0.4 is 0 Å². The molecule has 0 amide bonds. The van der Waals surface area contributed by atoms with Crippen LogP contribution in [0.5, 0.6) is 11.5 Å². The highest BCUT2D eigenvalue weighted by atomic mass is 32.2. The molecule has 2 rings (SSSR count). The van der Waals surface area contributed by atoms with E-state index in [1.54, 1.807) is 0 Å². The molecule has 0 aromatic heterocycles. The van der Waals surface area contributed by atoms with Crippen molar-refractivity contribution in [3.05, 3.63) is 59.7 Å². The molecule has 0 aliphatic carbocycles. The van der Waals surface area contributed by atoms with Crippen LogP contribution in [0.2, 0.25) is 0 Å². The standard InChI is InChI=1S/C21H20F6O7S/c1-18(13-2-6-15(28)7-3-13,14-4-8-16(29)9-5-14)11-10-17(30)34-19(20(22,23)24,21(25,26)27)12-35(31,32)33/h2-9,28-29H,10-12H2,1H3,(H,31,32,33). The number of halogens is 6. The van der Waals surface area contributed by atoms with E-state index in [4.69, 9.17) is 4.55 Å². The fraction of sp³-hybridized carbons (Fsp3) is 0.381. The summed E-state index contributed by atoms with van der Waals surface area (Å²) in [4.78, 5) is 12.3. The molecule has 0 aliphatic rings. The van der Waals surface area contributed by atoms with Gasteiger partial charge in [0.05, 0.1) is 0 Å². The van der Waals surface area contributed by atoms with Crippen molar-refractivity contribution in [2.24, 2.45) is 0 Å². The molecule has 0 saturated carbocycles. The van der Waals surface area contributed by atoms with Crippen LogP contribution in [-0.4, -0.2) is 52.9 Å². The minimum Gasteiger partial charge on any atom is -0.508 e. The molecule has 0 radical (unpaired) electrons. The minimum atomic E-state index is -6.42. The number of phenols is 2. The fourth-order valence-corrected chi connectivity index (χ4v) is 4.34. The normalized spacial score (nSPS) is 13.5. The molecule has 194 valence electrons. The lowest BCUT2D eigenvalue weighted by Crippen LogP contribution is -2.63. The number of alkyl halides is 6. The Morgan fingerprint density at radius 1 is 0.829 bits per heavy atom. The average molecular weight is 530 g/mol. The Bertz CT molecular complexity index is 1080. The largest absolute Gasteiger partial charge is 0.508 e. The molecule has 0 aliphatic heterocycles. The molecule has 0 spiro atoms. The number of rotatable bonds is 8. The van der Waals surface area contributed by atoms with E-state index in [2.05, 4.69) is 4.74 Å². The van der Waals surface area contributed by atoms with Crippen LogP contribution in [0.1, 0.15) is 30.9 Å². The van der Waals surface area contributed by atoms with Gasteiger partial charge in [0.1, 0.15) is 17.3 Å². The summed E-state index contributed by atoms with van der Waals surface area (Å²) < 4.78 is 115. The van der Waals surface area contributed by atoms with Gasteiger partial charge < -0.3 is 14.9 Å². The van der Waals surface area contributed by atoms with Gasteiger partial charge >= 0.3 is 23.9 Å². The highest BCUT2D eigenvalue weighted by molar-refractivity contribution is 7.85. The molecular weight excluding hydrogens is 510 g/mol. The Morgan fingerprint density at radius 2 is 1.20 bits per heavy atom. The van der Waals surface area contributed by atoms with E-state index in [1.165, 1.54) is 55.5 Å². The van der Waals surface area contributed by atoms with Crippen molar-refractivity contribution in [1.29, 1.82) is 0 Å². The molecule has 2 aromatic rings. The van der Waals surface area contributed by atoms with Gasteiger partial charge in [-0.05, 0) is 41.8 Å². The van der Waals surface area contributed by atoms with E-state index in [0.717, 1.165) is 0 Å². The van der Waals surface area contributed by atoms with E-state index in [-0.39, 0.29) is 11.5 Å². The fourth-order valence-electron chi connectivity index (χ4n) is 3.44. The third kappa shape index (κ3) is 6.36. The predicted octanol–water partition coefficient (Wildman–Crippen LogP) is 4.48. The van der Waals surface area contributed by atoms with E-state index >= 15 is 0 Å². The van der Waals surface area contributed by atoms with E-state index < -0.39 is 58.1 Å².